The van der Waals surface area contributed by atoms with Crippen molar-refractivity contribution in [3.05, 3.63) is 158 Å². The summed E-state index contributed by atoms with van der Waals surface area (Å²) in [4.78, 5) is 2.37. The highest BCUT2D eigenvalue weighted by molar-refractivity contribution is 7.26. The number of thiophene rings is 2. The standard InChI is InChI=1S/C43H29NS2/c1-44(38-22-8-5-15-30(38)28-13-3-2-4-14-28)39-26-25-29(31-18-11-19-34-32-16-6-9-23-40(32)45-42(31)34)27-37(39)36-21-12-20-35-33-17-7-10-24-41(33)46-43(35)36/h2-27H,1H3. The van der Waals surface area contributed by atoms with Gasteiger partial charge in [-0.25, -0.2) is 0 Å². The van der Waals surface area contributed by atoms with Crippen molar-refractivity contribution in [2.75, 3.05) is 11.9 Å². The molecule has 0 amide bonds. The first-order chi connectivity index (χ1) is 22.7. The van der Waals surface area contributed by atoms with Gasteiger partial charge in [0, 0.05) is 75.5 Å². The fraction of sp³-hybridized carbons (Fsp3) is 0.0233. The van der Waals surface area contributed by atoms with Gasteiger partial charge in [-0.3, -0.25) is 0 Å². The molecule has 0 N–H and O–H groups in total. The minimum atomic E-state index is 1.18. The van der Waals surface area contributed by atoms with Crippen LogP contribution in [-0.4, -0.2) is 7.05 Å². The molecule has 9 rings (SSSR count). The number of hydrogen-bond acceptors (Lipinski definition) is 3. The zero-order chi connectivity index (χ0) is 30.6. The van der Waals surface area contributed by atoms with E-state index in [4.69, 9.17) is 0 Å². The Labute approximate surface area is 276 Å². The molecular weight excluding hydrogens is 595 g/mol. The molecule has 3 heteroatoms. The minimum Gasteiger partial charge on any atom is -0.344 e. The molecule has 0 radical (unpaired) electrons. The third-order valence-electron chi connectivity index (χ3n) is 9.12. The van der Waals surface area contributed by atoms with Crippen LogP contribution in [0.3, 0.4) is 0 Å². The summed E-state index contributed by atoms with van der Waals surface area (Å²) >= 11 is 3.78. The Bertz CT molecular complexity index is 2560. The Morgan fingerprint density at radius 1 is 0.370 bits per heavy atom. The number of hydrogen-bond donors (Lipinski definition) is 0. The average molecular weight is 624 g/mol. The van der Waals surface area contributed by atoms with Crippen molar-refractivity contribution in [1.29, 1.82) is 0 Å². The monoisotopic (exact) mass is 623 g/mol. The molecular formula is C43H29NS2. The van der Waals surface area contributed by atoms with Crippen LogP contribution in [0.5, 0.6) is 0 Å². The number of nitrogens with zero attached hydrogens (tertiary/aromatic N) is 1. The maximum Gasteiger partial charge on any atom is 0.0488 e. The Kier molecular flexibility index (Phi) is 6.48. The van der Waals surface area contributed by atoms with Crippen LogP contribution in [0.4, 0.5) is 11.4 Å². The molecule has 0 bridgehead atoms. The zero-order valence-corrected chi connectivity index (χ0v) is 26.9. The molecule has 0 aliphatic rings. The van der Waals surface area contributed by atoms with Crippen molar-refractivity contribution in [2.45, 2.75) is 0 Å². The lowest BCUT2D eigenvalue weighted by molar-refractivity contribution is 1.21. The highest BCUT2D eigenvalue weighted by Gasteiger charge is 2.20. The van der Waals surface area contributed by atoms with E-state index < -0.39 is 0 Å². The van der Waals surface area contributed by atoms with Gasteiger partial charge in [-0.2, -0.15) is 0 Å². The molecule has 2 heterocycles. The van der Waals surface area contributed by atoms with Crippen LogP contribution in [0.2, 0.25) is 0 Å². The molecule has 0 saturated carbocycles. The summed E-state index contributed by atoms with van der Waals surface area (Å²) in [5, 5.41) is 5.28. The van der Waals surface area contributed by atoms with Gasteiger partial charge in [-0.05, 0) is 47.0 Å². The van der Waals surface area contributed by atoms with Gasteiger partial charge in [-0.15, -0.1) is 22.7 Å². The van der Waals surface area contributed by atoms with E-state index >= 15 is 0 Å². The third-order valence-corrected chi connectivity index (χ3v) is 11.6. The predicted octanol–water partition coefficient (Wildman–Crippen LogP) is 13.2. The van der Waals surface area contributed by atoms with Crippen molar-refractivity contribution in [3.63, 3.8) is 0 Å². The Hall–Kier alpha value is -5.22. The summed E-state index contributed by atoms with van der Waals surface area (Å²) in [5.41, 5.74) is 9.81. The summed E-state index contributed by atoms with van der Waals surface area (Å²) in [5.74, 6) is 0. The molecule has 0 spiro atoms. The topological polar surface area (TPSA) is 3.24 Å². The summed E-state index contributed by atoms with van der Waals surface area (Å²) in [7, 11) is 2.21. The fourth-order valence-corrected chi connectivity index (χ4v) is 9.37. The van der Waals surface area contributed by atoms with Crippen molar-refractivity contribution >= 4 is 74.4 Å². The SMILES string of the molecule is CN(c1ccccc1-c1ccccc1)c1ccc(-c2cccc3c2sc2ccccc23)cc1-c1cccc2c1sc1ccccc12. The molecule has 7 aromatic carbocycles. The van der Waals surface area contributed by atoms with E-state index in [-0.39, 0.29) is 0 Å². The lowest BCUT2D eigenvalue weighted by Gasteiger charge is -2.26. The van der Waals surface area contributed by atoms with Gasteiger partial charge < -0.3 is 4.90 Å². The maximum absolute atomic E-state index is 2.43. The van der Waals surface area contributed by atoms with E-state index in [2.05, 4.69) is 170 Å². The van der Waals surface area contributed by atoms with Crippen LogP contribution in [0.25, 0.3) is 73.7 Å². The molecule has 2 aromatic heterocycles. The zero-order valence-electron chi connectivity index (χ0n) is 25.3. The third kappa shape index (κ3) is 4.35. The van der Waals surface area contributed by atoms with Crippen LogP contribution in [-0.2, 0) is 0 Å². The van der Waals surface area contributed by atoms with E-state index in [9.17, 15) is 0 Å². The molecule has 9 aromatic rings. The van der Waals surface area contributed by atoms with Gasteiger partial charge in [0.25, 0.3) is 0 Å². The second-order valence-electron chi connectivity index (χ2n) is 11.7. The molecule has 0 fully saturated rings. The smallest absolute Gasteiger partial charge is 0.0488 e. The van der Waals surface area contributed by atoms with Crippen LogP contribution in [0.1, 0.15) is 0 Å². The second kappa shape index (κ2) is 11.0. The lowest BCUT2D eigenvalue weighted by Crippen LogP contribution is -2.12. The van der Waals surface area contributed by atoms with E-state index in [1.54, 1.807) is 0 Å². The van der Waals surface area contributed by atoms with Crippen molar-refractivity contribution in [2.24, 2.45) is 0 Å². The summed E-state index contributed by atoms with van der Waals surface area (Å²) in [6, 6.07) is 57.6. The minimum absolute atomic E-state index is 1.18. The normalized spacial score (nSPS) is 11.6. The molecule has 0 saturated heterocycles. The van der Waals surface area contributed by atoms with Crippen molar-refractivity contribution in [1.82, 2.24) is 0 Å². The van der Waals surface area contributed by atoms with E-state index in [1.807, 2.05) is 22.7 Å². The molecule has 46 heavy (non-hydrogen) atoms. The highest BCUT2D eigenvalue weighted by Crippen LogP contribution is 2.47. The van der Waals surface area contributed by atoms with Crippen LogP contribution >= 0.6 is 22.7 Å². The first kappa shape index (κ1) is 27.1. The van der Waals surface area contributed by atoms with Crippen molar-refractivity contribution < 1.29 is 0 Å². The number of fused-ring (bicyclic) bond motifs is 6. The second-order valence-corrected chi connectivity index (χ2v) is 13.8. The van der Waals surface area contributed by atoms with Gasteiger partial charge in [-0.1, -0.05) is 127 Å². The summed E-state index contributed by atoms with van der Waals surface area (Å²) in [6.45, 7) is 0. The van der Waals surface area contributed by atoms with Crippen molar-refractivity contribution in [3.8, 4) is 33.4 Å². The van der Waals surface area contributed by atoms with E-state index in [0.717, 1.165) is 0 Å². The Morgan fingerprint density at radius 3 is 1.61 bits per heavy atom. The van der Waals surface area contributed by atoms with E-state index in [1.165, 1.54) is 85.1 Å². The fourth-order valence-electron chi connectivity index (χ4n) is 6.90. The molecule has 0 aliphatic carbocycles. The number of anilines is 2. The molecule has 0 atom stereocenters. The highest BCUT2D eigenvalue weighted by atomic mass is 32.1. The molecule has 1 nitrogen and oxygen atoms in total. The van der Waals surface area contributed by atoms with Gasteiger partial charge in [0.1, 0.15) is 0 Å². The first-order valence-corrected chi connectivity index (χ1v) is 17.2. The van der Waals surface area contributed by atoms with Gasteiger partial charge in [0.15, 0.2) is 0 Å². The number of rotatable bonds is 5. The predicted molar refractivity (Wildman–Crippen MR) is 203 cm³/mol. The largest absolute Gasteiger partial charge is 0.344 e. The van der Waals surface area contributed by atoms with Gasteiger partial charge >= 0.3 is 0 Å². The van der Waals surface area contributed by atoms with Gasteiger partial charge in [0.2, 0.25) is 0 Å². The van der Waals surface area contributed by atoms with Crippen LogP contribution in [0.15, 0.2) is 158 Å². The number of benzene rings is 7. The first-order valence-electron chi connectivity index (χ1n) is 15.6. The molecule has 0 unspecified atom stereocenters. The Morgan fingerprint density at radius 2 is 0.891 bits per heavy atom. The van der Waals surface area contributed by atoms with E-state index in [0.29, 0.717) is 0 Å². The average Bonchev–Trinajstić information content (AvgIpc) is 3.70. The Balaban J connectivity index is 1.30. The maximum atomic E-state index is 2.43. The quantitative estimate of drug-likeness (QED) is 0.184. The molecule has 0 aliphatic heterocycles. The van der Waals surface area contributed by atoms with Crippen LogP contribution in [0, 0.1) is 0 Å². The van der Waals surface area contributed by atoms with Crippen LogP contribution < -0.4 is 4.90 Å². The lowest BCUT2D eigenvalue weighted by atomic mass is 9.94. The summed E-state index contributed by atoms with van der Waals surface area (Å²) < 4.78 is 5.31. The van der Waals surface area contributed by atoms with Gasteiger partial charge in [0.05, 0.1) is 0 Å². The molecule has 218 valence electrons. The number of para-hydroxylation sites is 1. The summed E-state index contributed by atoms with van der Waals surface area (Å²) in [6.07, 6.45) is 0.